The van der Waals surface area contributed by atoms with E-state index in [0.29, 0.717) is 57.2 Å². The van der Waals surface area contributed by atoms with Crippen LogP contribution >= 0.6 is 11.8 Å². The Labute approximate surface area is 343 Å². The van der Waals surface area contributed by atoms with Crippen LogP contribution in [0.5, 0.6) is 0 Å². The number of rotatable bonds is 26. The van der Waals surface area contributed by atoms with Crippen LogP contribution in [0.2, 0.25) is 0 Å². The second kappa shape index (κ2) is 26.2. The molecule has 17 N–H and O–H groups in total. The summed E-state index contributed by atoms with van der Waals surface area (Å²) in [5.41, 5.74) is 33.0. The van der Waals surface area contributed by atoms with E-state index in [4.69, 9.17) is 34.4 Å². The number of nitrogens with zero attached hydrogens (tertiary/aromatic N) is 4. The summed E-state index contributed by atoms with van der Waals surface area (Å²) in [6.07, 6.45) is 5.59. The first-order valence-corrected chi connectivity index (χ1v) is 21.1. The molecule has 58 heavy (non-hydrogen) atoms. The van der Waals surface area contributed by atoms with Crippen LogP contribution in [0, 0.1) is 0 Å². The van der Waals surface area contributed by atoms with E-state index in [9.17, 15) is 38.7 Å². The molecule has 6 amide bonds. The Hall–Kier alpha value is -4.90. The maximum absolute atomic E-state index is 14.2. The lowest BCUT2D eigenvalue weighted by atomic mass is 10.0. The Balaban J connectivity index is 2.34. The van der Waals surface area contributed by atoms with E-state index in [2.05, 4.69) is 31.3 Å². The number of carboxylic acids is 1. The number of aliphatic carboxylic acids is 1. The normalized spacial score (nSPS) is 18.3. The number of unbranched alkanes of at least 4 members (excludes halogenated alkanes) is 1. The second-order valence-electron chi connectivity index (χ2n) is 14.2. The summed E-state index contributed by atoms with van der Waals surface area (Å²) in [6, 6.07) is -6.38. The number of guanidine groups is 2. The fourth-order valence-corrected chi connectivity index (χ4v) is 7.31. The van der Waals surface area contributed by atoms with Crippen molar-refractivity contribution in [2.75, 3.05) is 51.3 Å². The first kappa shape index (κ1) is 49.2. The third-order valence-corrected chi connectivity index (χ3v) is 10.5. The number of hydrogen-bond acceptors (Lipinski definition) is 12. The lowest BCUT2D eigenvalue weighted by Gasteiger charge is -2.33. The van der Waals surface area contributed by atoms with Crippen LogP contribution in [0.4, 0.5) is 0 Å². The molecule has 22 nitrogen and oxygen atoms in total. The van der Waals surface area contributed by atoms with E-state index in [-0.39, 0.29) is 76.7 Å². The van der Waals surface area contributed by atoms with Gasteiger partial charge in [0.25, 0.3) is 0 Å². The molecule has 23 heteroatoms. The summed E-state index contributed by atoms with van der Waals surface area (Å²) in [5, 5.41) is 20.5. The van der Waals surface area contributed by atoms with Crippen LogP contribution in [-0.2, 0) is 33.6 Å². The monoisotopic (exact) mass is 840 g/mol. The lowest BCUT2D eigenvalue weighted by Crippen LogP contribution is -2.59. The molecule has 2 fully saturated rings. The summed E-state index contributed by atoms with van der Waals surface area (Å²) < 4.78 is 0. The van der Waals surface area contributed by atoms with Crippen molar-refractivity contribution >= 4 is 65.1 Å². The zero-order valence-corrected chi connectivity index (χ0v) is 34.2. The number of carbonyl (C=O) groups excluding carboxylic acids is 6. The van der Waals surface area contributed by atoms with Crippen molar-refractivity contribution in [2.45, 2.75) is 113 Å². The predicted octanol–water partition coefficient (Wildman–Crippen LogP) is -4.06. The van der Waals surface area contributed by atoms with Crippen molar-refractivity contribution in [2.24, 2.45) is 44.4 Å². The number of aliphatic imine (C=N–C) groups is 2. The van der Waals surface area contributed by atoms with Gasteiger partial charge in [-0.1, -0.05) is 0 Å². The van der Waals surface area contributed by atoms with Gasteiger partial charge in [0, 0.05) is 26.2 Å². The molecule has 2 saturated heterocycles. The van der Waals surface area contributed by atoms with Crippen LogP contribution in [0.3, 0.4) is 0 Å². The van der Waals surface area contributed by atoms with Crippen LogP contribution < -0.4 is 55.7 Å². The number of nitrogens with one attached hydrogen (secondary N) is 4. The smallest absolute Gasteiger partial charge is 0.326 e. The zero-order chi connectivity index (χ0) is 43.2. The SMILES string of the molecule is CSCC[C@H](NC(=O)[C@H](CCCN=C(N)N)NC(=O)CN)C(=O)N[C@@H](CCCCN)C(=O)N[C@@H](CCCN=C(N)N)C(=O)N1CCC[C@H]1C(=O)N1CCC[C@H]1C(=O)O. The zero-order valence-electron chi connectivity index (χ0n) is 33.4. The van der Waals surface area contributed by atoms with Gasteiger partial charge < -0.3 is 70.6 Å². The highest BCUT2D eigenvalue weighted by Gasteiger charge is 2.44. The highest BCUT2D eigenvalue weighted by molar-refractivity contribution is 7.98. The number of amides is 6. The summed E-state index contributed by atoms with van der Waals surface area (Å²) in [7, 11) is 0. The van der Waals surface area contributed by atoms with Crippen molar-refractivity contribution in [1.29, 1.82) is 0 Å². The molecule has 0 aromatic carbocycles. The molecular weight excluding hydrogens is 777 g/mol. The fraction of sp³-hybridized carbons (Fsp3) is 0.743. The average molecular weight is 841 g/mol. The van der Waals surface area contributed by atoms with Crippen molar-refractivity contribution in [1.82, 2.24) is 31.1 Å². The minimum Gasteiger partial charge on any atom is -0.480 e. The number of likely N-dealkylation sites (tertiary alicyclic amines) is 2. The van der Waals surface area contributed by atoms with Crippen molar-refractivity contribution < 1.29 is 38.7 Å². The molecule has 0 aromatic rings. The minimum absolute atomic E-state index is 0.0786. The maximum Gasteiger partial charge on any atom is 0.326 e. The molecule has 0 aliphatic carbocycles. The molecule has 0 aromatic heterocycles. The van der Waals surface area contributed by atoms with Gasteiger partial charge in [-0.05, 0) is 95.6 Å². The Kier molecular flexibility index (Phi) is 22.2. The Morgan fingerprint density at radius 1 is 0.672 bits per heavy atom. The quantitative estimate of drug-likeness (QED) is 0.0224. The van der Waals surface area contributed by atoms with Gasteiger partial charge >= 0.3 is 5.97 Å². The predicted molar refractivity (Wildman–Crippen MR) is 220 cm³/mol. The molecule has 2 rings (SSSR count). The largest absolute Gasteiger partial charge is 0.480 e. The van der Waals surface area contributed by atoms with Crippen molar-refractivity contribution in [3.8, 4) is 0 Å². The molecule has 0 unspecified atom stereocenters. The molecule has 0 radical (unpaired) electrons. The summed E-state index contributed by atoms with van der Waals surface area (Å²) in [4.78, 5) is 104. The third-order valence-electron chi connectivity index (χ3n) is 9.81. The number of carbonyl (C=O) groups is 7. The second-order valence-corrected chi connectivity index (χ2v) is 15.2. The number of nitrogens with two attached hydrogens (primary N) is 6. The van der Waals surface area contributed by atoms with Gasteiger partial charge in [-0.2, -0.15) is 11.8 Å². The van der Waals surface area contributed by atoms with Gasteiger partial charge in [-0.3, -0.25) is 38.8 Å². The lowest BCUT2D eigenvalue weighted by molar-refractivity contribution is -0.152. The first-order valence-electron chi connectivity index (χ1n) is 19.7. The summed E-state index contributed by atoms with van der Waals surface area (Å²) in [6.45, 7) is 0.769. The minimum atomic E-state index is -1.16. The average Bonchev–Trinajstić information content (AvgIpc) is 3.89. The maximum atomic E-state index is 14.2. The van der Waals surface area contributed by atoms with Gasteiger partial charge in [0.05, 0.1) is 6.54 Å². The standard InChI is InChI=1S/C35H64N14O8S/c1-58-19-13-23(46-28(51)21(44-27(50)20-37)9-4-15-42-34(38)39)30(53)45-22(8-2-3-14-36)29(52)47-24(10-5-16-43-35(40)41)31(54)48-17-6-11-25(48)32(55)49-18-7-12-26(49)33(56)57/h21-26H,2-20,36-37H2,1H3,(H,44,50)(H,45,53)(H,46,51)(H,47,52)(H,56,57)(H4,38,39,42)(H4,40,41,43)/t21-,22-,23-,24-,25-,26-/m0/s1. The van der Waals surface area contributed by atoms with Crippen molar-refractivity contribution in [3.05, 3.63) is 0 Å². The van der Waals surface area contributed by atoms with E-state index in [1.54, 1.807) is 0 Å². The molecule has 0 spiro atoms. The number of thioether (sulfide) groups is 1. The van der Waals surface area contributed by atoms with Crippen LogP contribution in [0.1, 0.15) is 77.0 Å². The van der Waals surface area contributed by atoms with Gasteiger partial charge in [0.1, 0.15) is 36.3 Å². The van der Waals surface area contributed by atoms with E-state index >= 15 is 0 Å². The highest BCUT2D eigenvalue weighted by Crippen LogP contribution is 2.26. The number of carboxylic acid groups (broad SMARTS) is 1. The third kappa shape index (κ3) is 16.5. The Bertz CT molecular complexity index is 1460. The van der Waals surface area contributed by atoms with Crippen LogP contribution in [0.25, 0.3) is 0 Å². The molecule has 2 aliphatic rings. The molecule has 2 aliphatic heterocycles. The topological polar surface area (TPSA) is 375 Å². The molecule has 0 saturated carbocycles. The van der Waals surface area contributed by atoms with E-state index in [1.807, 2.05) is 6.26 Å². The van der Waals surface area contributed by atoms with E-state index in [1.165, 1.54) is 21.6 Å². The highest BCUT2D eigenvalue weighted by atomic mass is 32.2. The van der Waals surface area contributed by atoms with Gasteiger partial charge in [-0.15, -0.1) is 0 Å². The van der Waals surface area contributed by atoms with Crippen molar-refractivity contribution in [3.63, 3.8) is 0 Å². The summed E-state index contributed by atoms with van der Waals surface area (Å²) in [5.74, 6) is -4.51. The Morgan fingerprint density at radius 3 is 1.67 bits per heavy atom. The van der Waals surface area contributed by atoms with Gasteiger partial charge in [0.15, 0.2) is 11.9 Å². The number of hydrogen-bond donors (Lipinski definition) is 11. The molecule has 2 heterocycles. The molecular formula is C35H64N14O8S. The van der Waals surface area contributed by atoms with Gasteiger partial charge in [-0.25, -0.2) is 4.79 Å². The van der Waals surface area contributed by atoms with Crippen LogP contribution in [-0.4, -0.2) is 156 Å². The van der Waals surface area contributed by atoms with E-state index < -0.39 is 77.7 Å². The summed E-state index contributed by atoms with van der Waals surface area (Å²) >= 11 is 1.43. The molecule has 6 atom stereocenters. The molecule has 328 valence electrons. The molecule has 0 bridgehead atoms. The van der Waals surface area contributed by atoms with Gasteiger partial charge in [0.2, 0.25) is 35.4 Å². The Morgan fingerprint density at radius 2 is 1.16 bits per heavy atom. The fourth-order valence-electron chi connectivity index (χ4n) is 6.84. The first-order chi connectivity index (χ1) is 27.6. The van der Waals surface area contributed by atoms with Crippen LogP contribution in [0.15, 0.2) is 9.98 Å². The van der Waals surface area contributed by atoms with E-state index in [0.717, 1.165) is 0 Å².